The maximum Gasteiger partial charge on any atom is 0.248 e. The number of piperidine rings is 1. The molecule has 3 aliphatic rings. The van der Waals surface area contributed by atoms with Crippen molar-refractivity contribution in [3.05, 3.63) is 94.5 Å². The zero-order valence-electron chi connectivity index (χ0n) is 18.5. The van der Waals surface area contributed by atoms with Crippen LogP contribution in [0.1, 0.15) is 64.7 Å². The van der Waals surface area contributed by atoms with Crippen LogP contribution in [0.5, 0.6) is 0 Å². The predicted molar refractivity (Wildman–Crippen MR) is 129 cm³/mol. The molecule has 1 saturated carbocycles. The minimum atomic E-state index is -0.327. The Morgan fingerprint density at radius 3 is 2.75 bits per heavy atom. The number of carbonyl (C=O) groups excluding carboxylic acids is 1. The van der Waals surface area contributed by atoms with E-state index in [1.165, 1.54) is 59.1 Å². The van der Waals surface area contributed by atoms with Crippen LogP contribution in [0.25, 0.3) is 11.1 Å². The summed E-state index contributed by atoms with van der Waals surface area (Å²) in [5.74, 6) is -0.327. The minimum absolute atomic E-state index is 0.199. The number of fused-ring (bicyclic) bond motifs is 5. The summed E-state index contributed by atoms with van der Waals surface area (Å²) in [5.41, 5.74) is 14.9. The molecule has 6 rings (SSSR count). The zero-order chi connectivity index (χ0) is 21.7. The van der Waals surface area contributed by atoms with Crippen molar-refractivity contribution in [1.29, 1.82) is 0 Å². The van der Waals surface area contributed by atoms with Gasteiger partial charge in [0, 0.05) is 18.2 Å². The van der Waals surface area contributed by atoms with Gasteiger partial charge >= 0.3 is 0 Å². The molecule has 3 aromatic carbocycles. The van der Waals surface area contributed by atoms with E-state index in [-0.39, 0.29) is 11.3 Å². The molecule has 1 amide bonds. The van der Waals surface area contributed by atoms with E-state index < -0.39 is 0 Å². The lowest BCUT2D eigenvalue weighted by molar-refractivity contribution is 0.0458. The van der Waals surface area contributed by atoms with Crippen molar-refractivity contribution in [3.63, 3.8) is 0 Å². The normalized spacial score (nSPS) is 24.1. The van der Waals surface area contributed by atoms with Crippen molar-refractivity contribution in [2.75, 3.05) is 6.54 Å². The van der Waals surface area contributed by atoms with Crippen LogP contribution in [-0.2, 0) is 18.4 Å². The predicted octanol–water partition coefficient (Wildman–Crippen LogP) is 5.44. The Bertz CT molecular complexity index is 1200. The first-order valence-electron chi connectivity index (χ1n) is 12.0. The van der Waals surface area contributed by atoms with Crippen LogP contribution in [0.2, 0.25) is 0 Å². The van der Waals surface area contributed by atoms with Gasteiger partial charge in [-0.2, -0.15) is 0 Å². The average molecular weight is 423 g/mol. The van der Waals surface area contributed by atoms with Gasteiger partial charge in [0.1, 0.15) is 0 Å². The number of amides is 1. The Balaban J connectivity index is 1.21. The monoisotopic (exact) mass is 422 g/mol. The molecule has 3 heteroatoms. The number of hydrogen-bond donors (Lipinski definition) is 1. The van der Waals surface area contributed by atoms with Gasteiger partial charge in [-0.05, 0) is 89.6 Å². The van der Waals surface area contributed by atoms with E-state index in [0.29, 0.717) is 11.6 Å². The second-order valence-electron chi connectivity index (χ2n) is 10.0. The van der Waals surface area contributed by atoms with Gasteiger partial charge in [-0.15, -0.1) is 0 Å². The molecule has 1 saturated heterocycles. The molecule has 1 aliphatic heterocycles. The molecule has 0 radical (unpaired) electrons. The van der Waals surface area contributed by atoms with Crippen molar-refractivity contribution in [2.45, 2.75) is 56.5 Å². The number of benzene rings is 3. The van der Waals surface area contributed by atoms with Crippen LogP contribution in [0.15, 0.2) is 66.7 Å². The van der Waals surface area contributed by atoms with Crippen molar-refractivity contribution < 1.29 is 4.79 Å². The summed E-state index contributed by atoms with van der Waals surface area (Å²) in [6.07, 6.45) is 7.14. The lowest BCUT2D eigenvalue weighted by atomic mass is 9.63. The summed E-state index contributed by atoms with van der Waals surface area (Å²) >= 11 is 0. The maximum absolute atomic E-state index is 11.7. The van der Waals surface area contributed by atoms with E-state index in [1.54, 1.807) is 0 Å². The first-order chi connectivity index (χ1) is 15.6. The van der Waals surface area contributed by atoms with E-state index in [0.717, 1.165) is 25.9 Å². The molecule has 2 fully saturated rings. The molecule has 0 spiro atoms. The third-order valence-electron chi connectivity index (χ3n) is 8.22. The summed E-state index contributed by atoms with van der Waals surface area (Å²) < 4.78 is 0. The Morgan fingerprint density at radius 2 is 1.84 bits per heavy atom. The van der Waals surface area contributed by atoms with Gasteiger partial charge < -0.3 is 5.73 Å². The molecular formula is C29H30N2O. The molecule has 162 valence electrons. The maximum atomic E-state index is 11.7. The largest absolute Gasteiger partial charge is 0.366 e. The molecular weight excluding hydrogens is 392 g/mol. The molecule has 2 N–H and O–H groups in total. The van der Waals surface area contributed by atoms with E-state index >= 15 is 0 Å². The van der Waals surface area contributed by atoms with E-state index in [1.807, 2.05) is 12.1 Å². The van der Waals surface area contributed by atoms with Gasteiger partial charge in [0.2, 0.25) is 5.91 Å². The number of nitrogens with zero attached hydrogens (tertiary/aromatic N) is 1. The van der Waals surface area contributed by atoms with Crippen LogP contribution in [-0.4, -0.2) is 23.4 Å². The lowest BCUT2D eigenvalue weighted by Gasteiger charge is -2.51. The molecule has 2 aliphatic carbocycles. The molecule has 0 aromatic heterocycles. The van der Waals surface area contributed by atoms with Gasteiger partial charge in [-0.3, -0.25) is 9.69 Å². The van der Waals surface area contributed by atoms with Gasteiger partial charge in [0.15, 0.2) is 0 Å². The van der Waals surface area contributed by atoms with Crippen LogP contribution in [0.3, 0.4) is 0 Å². The highest BCUT2D eigenvalue weighted by molar-refractivity contribution is 5.93. The first-order valence-corrected chi connectivity index (χ1v) is 12.0. The third-order valence-corrected chi connectivity index (χ3v) is 8.22. The smallest absolute Gasteiger partial charge is 0.248 e. The Hall–Kier alpha value is -2.91. The molecule has 2 bridgehead atoms. The number of likely N-dealkylation sites (tertiary alicyclic amines) is 1. The number of hydrogen-bond acceptors (Lipinski definition) is 2. The van der Waals surface area contributed by atoms with Gasteiger partial charge in [-0.25, -0.2) is 0 Å². The molecule has 1 heterocycles. The van der Waals surface area contributed by atoms with E-state index in [2.05, 4.69) is 59.5 Å². The standard InChI is InChI=1S/C29H30N2O/c30-28(32)22-6-3-7-24(17-22)29-12-4-8-25(18-29)31(14-13-29)19-20-10-11-27-23(15-20)16-21-5-1-2-9-26(21)27/h1-3,5-7,9-11,15,17,25H,4,8,12-14,16,18-19H2,(H2,30,32). The molecule has 2 unspecified atom stereocenters. The minimum Gasteiger partial charge on any atom is -0.366 e. The average Bonchev–Trinajstić information content (AvgIpc) is 3.19. The number of nitrogens with two attached hydrogens (primary N) is 1. The SMILES string of the molecule is NC(=O)c1cccc(C23CCCC(C2)N(Cc2ccc4c(c2)Cc2ccccc2-4)CC3)c1. The van der Waals surface area contributed by atoms with Crippen molar-refractivity contribution in [1.82, 2.24) is 4.90 Å². The highest BCUT2D eigenvalue weighted by Crippen LogP contribution is 2.47. The molecule has 3 aromatic rings. The zero-order valence-corrected chi connectivity index (χ0v) is 18.5. The Kier molecular flexibility index (Phi) is 4.69. The summed E-state index contributed by atoms with van der Waals surface area (Å²) in [6, 6.07) is 24.6. The van der Waals surface area contributed by atoms with E-state index in [9.17, 15) is 4.79 Å². The van der Waals surface area contributed by atoms with Gasteiger partial charge in [0.25, 0.3) is 0 Å². The highest BCUT2D eigenvalue weighted by atomic mass is 16.1. The second kappa shape index (κ2) is 7.60. The van der Waals surface area contributed by atoms with Crippen molar-refractivity contribution >= 4 is 5.91 Å². The fourth-order valence-corrected chi connectivity index (χ4v) is 6.56. The van der Waals surface area contributed by atoms with Crippen molar-refractivity contribution in [3.8, 4) is 11.1 Å². The Labute approximate surface area is 190 Å². The lowest BCUT2D eigenvalue weighted by Crippen LogP contribution is -2.51. The molecule has 2 atom stereocenters. The summed E-state index contributed by atoms with van der Waals surface area (Å²) in [6.45, 7) is 2.15. The fourth-order valence-electron chi connectivity index (χ4n) is 6.56. The first kappa shape index (κ1) is 19.8. The quantitative estimate of drug-likeness (QED) is 0.476. The molecule has 32 heavy (non-hydrogen) atoms. The second-order valence-corrected chi connectivity index (χ2v) is 10.0. The summed E-state index contributed by atoms with van der Waals surface area (Å²) in [4.78, 5) is 14.4. The number of carbonyl (C=O) groups is 1. The summed E-state index contributed by atoms with van der Waals surface area (Å²) in [5, 5.41) is 0. The topological polar surface area (TPSA) is 46.3 Å². The van der Waals surface area contributed by atoms with Crippen LogP contribution >= 0.6 is 0 Å². The Morgan fingerprint density at radius 1 is 0.969 bits per heavy atom. The number of primary amides is 1. The van der Waals surface area contributed by atoms with Crippen LogP contribution in [0, 0.1) is 0 Å². The highest BCUT2D eigenvalue weighted by Gasteiger charge is 2.43. The van der Waals surface area contributed by atoms with E-state index in [4.69, 9.17) is 5.73 Å². The van der Waals surface area contributed by atoms with Crippen molar-refractivity contribution in [2.24, 2.45) is 5.73 Å². The van der Waals surface area contributed by atoms with Gasteiger partial charge in [0.05, 0.1) is 0 Å². The third kappa shape index (κ3) is 3.27. The summed E-state index contributed by atoms with van der Waals surface area (Å²) in [7, 11) is 0. The molecule has 3 nitrogen and oxygen atoms in total. The number of rotatable bonds is 4. The fraction of sp³-hybridized carbons (Fsp3) is 0.345. The van der Waals surface area contributed by atoms with Crippen LogP contribution in [0.4, 0.5) is 0 Å². The van der Waals surface area contributed by atoms with Gasteiger partial charge in [-0.1, -0.05) is 61.0 Å². The van der Waals surface area contributed by atoms with Crippen LogP contribution < -0.4 is 5.73 Å².